The van der Waals surface area contributed by atoms with Crippen LogP contribution >= 0.6 is 0 Å². The van der Waals surface area contributed by atoms with Crippen LogP contribution in [0.25, 0.3) is 0 Å². The van der Waals surface area contributed by atoms with Gasteiger partial charge in [0, 0.05) is 11.7 Å². The highest BCUT2D eigenvalue weighted by Crippen LogP contribution is 2.15. The summed E-state index contributed by atoms with van der Waals surface area (Å²) in [5, 5.41) is 5.70. The van der Waals surface area contributed by atoms with Gasteiger partial charge in [0.25, 0.3) is 0 Å². The molecule has 1 aliphatic rings. The monoisotopic (exact) mass is 298 g/mol. The molecule has 0 aliphatic carbocycles. The van der Waals surface area contributed by atoms with Crippen LogP contribution in [0.5, 0.6) is 5.75 Å². The first-order valence-corrected chi connectivity index (χ1v) is 8.18. The third-order valence-electron chi connectivity index (χ3n) is 3.16. The number of hydrogen-bond acceptors (Lipinski definition) is 5. The normalized spacial score (nSPS) is 20.6. The molecule has 1 aliphatic heterocycles. The number of benzene rings is 1. The quantitative estimate of drug-likeness (QED) is 0.822. The minimum atomic E-state index is -2.92. The van der Waals surface area contributed by atoms with Crippen molar-refractivity contribution in [1.82, 2.24) is 5.32 Å². The standard InChI is InChI=1S/C13H18N2O4S/c1-19-12-4-2-10(3-5-12)15-13(16)8-14-11-6-7-20(17,18)9-11/h2-5,11,14H,6-9H2,1H3,(H,15,16)/t11-/m0/s1. The predicted octanol–water partition coefficient (Wildman–Crippen LogP) is 0.410. The van der Waals surface area contributed by atoms with Gasteiger partial charge >= 0.3 is 0 Å². The van der Waals surface area contributed by atoms with Gasteiger partial charge < -0.3 is 15.4 Å². The van der Waals surface area contributed by atoms with Crippen molar-refractivity contribution in [2.24, 2.45) is 0 Å². The van der Waals surface area contributed by atoms with E-state index >= 15 is 0 Å². The molecule has 1 amide bonds. The summed E-state index contributed by atoms with van der Waals surface area (Å²) in [7, 11) is -1.34. The molecule has 1 aromatic rings. The summed E-state index contributed by atoms with van der Waals surface area (Å²) in [5.41, 5.74) is 0.677. The highest BCUT2D eigenvalue weighted by atomic mass is 32.2. The average molecular weight is 298 g/mol. The number of carbonyl (C=O) groups excluding carboxylic acids is 1. The van der Waals surface area contributed by atoms with E-state index in [-0.39, 0.29) is 30.0 Å². The molecule has 0 spiro atoms. The molecule has 1 fully saturated rings. The van der Waals surface area contributed by atoms with E-state index in [1.165, 1.54) is 0 Å². The third kappa shape index (κ3) is 4.21. The van der Waals surface area contributed by atoms with E-state index in [4.69, 9.17) is 4.74 Å². The van der Waals surface area contributed by atoms with E-state index in [2.05, 4.69) is 10.6 Å². The summed E-state index contributed by atoms with van der Waals surface area (Å²) in [6, 6.07) is 6.88. The van der Waals surface area contributed by atoms with Crippen molar-refractivity contribution in [2.45, 2.75) is 12.5 Å². The van der Waals surface area contributed by atoms with Crippen LogP contribution in [0.1, 0.15) is 6.42 Å². The van der Waals surface area contributed by atoms with E-state index in [0.717, 1.165) is 5.75 Å². The number of carbonyl (C=O) groups is 1. The molecule has 2 N–H and O–H groups in total. The van der Waals surface area contributed by atoms with Gasteiger partial charge in [-0.05, 0) is 30.7 Å². The number of anilines is 1. The molecule has 0 unspecified atom stereocenters. The van der Waals surface area contributed by atoms with Crippen LogP contribution in [-0.4, -0.2) is 45.5 Å². The van der Waals surface area contributed by atoms with Crippen LogP contribution in [0, 0.1) is 0 Å². The maximum Gasteiger partial charge on any atom is 0.238 e. The summed E-state index contributed by atoms with van der Waals surface area (Å²) in [4.78, 5) is 11.7. The van der Waals surface area contributed by atoms with Crippen LogP contribution in [0.4, 0.5) is 5.69 Å². The van der Waals surface area contributed by atoms with Crippen molar-refractivity contribution in [3.8, 4) is 5.75 Å². The zero-order chi connectivity index (χ0) is 14.6. The zero-order valence-electron chi connectivity index (χ0n) is 11.3. The fraction of sp³-hybridized carbons (Fsp3) is 0.462. The Balaban J connectivity index is 1.78. The maximum atomic E-state index is 11.7. The van der Waals surface area contributed by atoms with Crippen molar-refractivity contribution in [2.75, 3.05) is 30.5 Å². The summed E-state index contributed by atoms with van der Waals surface area (Å²) in [5.74, 6) is 0.838. The van der Waals surface area contributed by atoms with Crippen LogP contribution in [0.3, 0.4) is 0 Å². The van der Waals surface area contributed by atoms with Gasteiger partial charge in [0.15, 0.2) is 9.84 Å². The maximum absolute atomic E-state index is 11.7. The number of nitrogens with one attached hydrogen (secondary N) is 2. The Morgan fingerprint density at radius 1 is 1.35 bits per heavy atom. The second kappa shape index (κ2) is 6.23. The molecule has 20 heavy (non-hydrogen) atoms. The van der Waals surface area contributed by atoms with Crippen molar-refractivity contribution >= 4 is 21.4 Å². The average Bonchev–Trinajstić information content (AvgIpc) is 2.77. The Hall–Kier alpha value is -1.60. The number of ether oxygens (including phenoxy) is 1. The minimum absolute atomic E-state index is 0.103. The van der Waals surface area contributed by atoms with E-state index in [1.54, 1.807) is 31.4 Å². The van der Waals surface area contributed by atoms with Crippen LogP contribution < -0.4 is 15.4 Å². The molecule has 0 bridgehead atoms. The molecular formula is C13H18N2O4S. The zero-order valence-corrected chi connectivity index (χ0v) is 12.1. The topological polar surface area (TPSA) is 84.5 Å². The Morgan fingerprint density at radius 3 is 2.60 bits per heavy atom. The largest absolute Gasteiger partial charge is 0.497 e. The van der Waals surface area contributed by atoms with Crippen LogP contribution in [-0.2, 0) is 14.6 Å². The van der Waals surface area contributed by atoms with Crippen molar-refractivity contribution in [3.05, 3.63) is 24.3 Å². The van der Waals surface area contributed by atoms with Gasteiger partial charge in [0.2, 0.25) is 5.91 Å². The Kier molecular flexibility index (Phi) is 4.61. The summed E-state index contributed by atoms with van der Waals surface area (Å²) < 4.78 is 27.6. The second-order valence-electron chi connectivity index (χ2n) is 4.76. The molecule has 2 rings (SSSR count). The van der Waals surface area contributed by atoms with Gasteiger partial charge in [0.05, 0.1) is 25.2 Å². The fourth-order valence-electron chi connectivity index (χ4n) is 2.07. The smallest absolute Gasteiger partial charge is 0.238 e. The lowest BCUT2D eigenvalue weighted by atomic mass is 10.2. The number of rotatable bonds is 5. The van der Waals surface area contributed by atoms with Crippen molar-refractivity contribution in [3.63, 3.8) is 0 Å². The van der Waals surface area contributed by atoms with E-state index < -0.39 is 9.84 Å². The first-order valence-electron chi connectivity index (χ1n) is 6.36. The summed E-state index contributed by atoms with van der Waals surface area (Å²) in [6.07, 6.45) is 0.568. The molecule has 110 valence electrons. The minimum Gasteiger partial charge on any atom is -0.497 e. The summed E-state index contributed by atoms with van der Waals surface area (Å²) >= 11 is 0. The van der Waals surface area contributed by atoms with Gasteiger partial charge in [-0.3, -0.25) is 4.79 Å². The lowest BCUT2D eigenvalue weighted by Gasteiger charge is -2.11. The van der Waals surface area contributed by atoms with Crippen molar-refractivity contribution < 1.29 is 17.9 Å². The number of sulfone groups is 1. The van der Waals surface area contributed by atoms with Gasteiger partial charge in [-0.1, -0.05) is 0 Å². The first-order chi connectivity index (χ1) is 9.48. The molecule has 0 saturated carbocycles. The second-order valence-corrected chi connectivity index (χ2v) is 6.99. The fourth-order valence-corrected chi connectivity index (χ4v) is 3.78. The molecule has 1 saturated heterocycles. The van der Waals surface area contributed by atoms with Crippen molar-refractivity contribution in [1.29, 1.82) is 0 Å². The van der Waals surface area contributed by atoms with E-state index in [9.17, 15) is 13.2 Å². The lowest BCUT2D eigenvalue weighted by molar-refractivity contribution is -0.115. The molecule has 1 aromatic carbocycles. The molecule has 0 radical (unpaired) electrons. The number of hydrogen-bond donors (Lipinski definition) is 2. The van der Waals surface area contributed by atoms with Gasteiger partial charge in [-0.25, -0.2) is 8.42 Å². The SMILES string of the molecule is COc1ccc(NC(=O)CN[C@H]2CCS(=O)(=O)C2)cc1. The highest BCUT2D eigenvalue weighted by molar-refractivity contribution is 7.91. The van der Waals surface area contributed by atoms with Gasteiger partial charge in [-0.2, -0.15) is 0 Å². The van der Waals surface area contributed by atoms with Crippen LogP contribution in [0.2, 0.25) is 0 Å². The van der Waals surface area contributed by atoms with Gasteiger partial charge in [0.1, 0.15) is 5.75 Å². The summed E-state index contributed by atoms with van der Waals surface area (Å²) in [6.45, 7) is 0.103. The highest BCUT2D eigenvalue weighted by Gasteiger charge is 2.27. The predicted molar refractivity (Wildman–Crippen MR) is 76.7 cm³/mol. The molecule has 1 heterocycles. The Bertz CT molecular complexity index is 569. The number of amides is 1. The Morgan fingerprint density at radius 2 is 2.05 bits per heavy atom. The first kappa shape index (κ1) is 14.8. The number of methoxy groups -OCH3 is 1. The molecule has 7 heteroatoms. The van der Waals surface area contributed by atoms with Gasteiger partial charge in [-0.15, -0.1) is 0 Å². The molecular weight excluding hydrogens is 280 g/mol. The van der Waals surface area contributed by atoms with E-state index in [0.29, 0.717) is 12.1 Å². The molecule has 0 aromatic heterocycles. The lowest BCUT2D eigenvalue weighted by Crippen LogP contribution is -2.36. The molecule has 1 atom stereocenters. The van der Waals surface area contributed by atoms with E-state index in [1.807, 2.05) is 0 Å². The Labute approximate surface area is 118 Å². The molecule has 6 nitrogen and oxygen atoms in total. The van der Waals surface area contributed by atoms with Crippen LogP contribution in [0.15, 0.2) is 24.3 Å². The third-order valence-corrected chi connectivity index (χ3v) is 4.93.